The van der Waals surface area contributed by atoms with Gasteiger partial charge in [0.25, 0.3) is 0 Å². The van der Waals surface area contributed by atoms with Gasteiger partial charge in [-0.05, 0) is 30.6 Å². The minimum absolute atomic E-state index is 0.587. The molecular weight excluding hydrogens is 246 g/mol. The van der Waals surface area contributed by atoms with Crippen LogP contribution < -0.4 is 0 Å². The van der Waals surface area contributed by atoms with E-state index < -0.39 is 0 Å². The highest BCUT2D eigenvalue weighted by molar-refractivity contribution is 7.09. The summed E-state index contributed by atoms with van der Waals surface area (Å²) in [5.41, 5.74) is 3.11. The van der Waals surface area contributed by atoms with Crippen molar-refractivity contribution in [3.8, 4) is 16.8 Å². The second-order valence-electron chi connectivity index (χ2n) is 3.97. The van der Waals surface area contributed by atoms with Crippen molar-refractivity contribution in [2.75, 3.05) is 0 Å². The number of imidazole rings is 1. The maximum absolute atomic E-state index is 9.10. The number of hydrogen-bond donors (Lipinski definition) is 0. The van der Waals surface area contributed by atoms with Gasteiger partial charge in [0.1, 0.15) is 16.5 Å². The Balaban J connectivity index is 2.37. The van der Waals surface area contributed by atoms with Crippen molar-refractivity contribution in [1.29, 1.82) is 5.26 Å². The Hall–Kier alpha value is -2.26. The lowest BCUT2D eigenvalue weighted by Crippen LogP contribution is -1.91. The van der Waals surface area contributed by atoms with E-state index in [9.17, 15) is 0 Å². The number of nitriles is 1. The van der Waals surface area contributed by atoms with E-state index in [2.05, 4.69) is 20.6 Å². The second kappa shape index (κ2) is 3.89. The van der Waals surface area contributed by atoms with Gasteiger partial charge in [-0.3, -0.25) is 0 Å². The van der Waals surface area contributed by atoms with Gasteiger partial charge in [0.05, 0.1) is 16.8 Å². The molecule has 0 amide bonds. The van der Waals surface area contributed by atoms with Gasteiger partial charge in [0.2, 0.25) is 0 Å². The minimum Gasteiger partial charge on any atom is -0.326 e. The zero-order chi connectivity index (χ0) is 12.7. The van der Waals surface area contributed by atoms with Crippen molar-refractivity contribution in [1.82, 2.24) is 19.1 Å². The highest BCUT2D eigenvalue weighted by Gasteiger charge is 2.16. The Labute approximate surface area is 107 Å². The smallest absolute Gasteiger partial charge is 0.154 e. The first kappa shape index (κ1) is 10.9. The number of rotatable bonds is 1. The van der Waals surface area contributed by atoms with E-state index >= 15 is 0 Å². The van der Waals surface area contributed by atoms with Gasteiger partial charge >= 0.3 is 0 Å². The molecule has 3 aromatic rings. The quantitative estimate of drug-likeness (QED) is 0.669. The van der Waals surface area contributed by atoms with Crippen molar-refractivity contribution in [3.05, 3.63) is 29.5 Å². The van der Waals surface area contributed by atoms with E-state index in [0.29, 0.717) is 5.56 Å². The van der Waals surface area contributed by atoms with Crippen LogP contribution in [0.4, 0.5) is 0 Å². The Bertz CT molecular complexity index is 777. The maximum atomic E-state index is 9.10. The number of para-hydroxylation sites is 1. The zero-order valence-electron chi connectivity index (χ0n) is 9.88. The van der Waals surface area contributed by atoms with E-state index in [4.69, 9.17) is 5.26 Å². The molecule has 1 aromatic carbocycles. The van der Waals surface area contributed by atoms with Crippen molar-refractivity contribution in [3.63, 3.8) is 0 Å². The molecule has 0 aliphatic rings. The molecule has 0 N–H and O–H groups in total. The van der Waals surface area contributed by atoms with Crippen LogP contribution in [-0.2, 0) is 7.05 Å². The molecule has 3 rings (SSSR count). The van der Waals surface area contributed by atoms with Crippen LogP contribution in [0, 0.1) is 18.3 Å². The Morgan fingerprint density at radius 1 is 1.39 bits per heavy atom. The lowest BCUT2D eigenvalue weighted by atomic mass is 10.2. The Kier molecular flexibility index (Phi) is 2.35. The summed E-state index contributed by atoms with van der Waals surface area (Å²) in [5, 5.41) is 13.1. The molecule has 0 spiro atoms. The van der Waals surface area contributed by atoms with Gasteiger partial charge in [-0.2, -0.15) is 5.26 Å². The van der Waals surface area contributed by atoms with Gasteiger partial charge in [-0.25, -0.2) is 4.98 Å². The molecule has 0 saturated carbocycles. The fourth-order valence-electron chi connectivity index (χ4n) is 1.94. The summed E-state index contributed by atoms with van der Waals surface area (Å²) in [7, 11) is 1.94. The van der Waals surface area contributed by atoms with Crippen LogP contribution in [0.15, 0.2) is 18.2 Å². The average molecular weight is 255 g/mol. The first-order valence-corrected chi connectivity index (χ1v) is 6.14. The first-order valence-electron chi connectivity index (χ1n) is 5.37. The van der Waals surface area contributed by atoms with Crippen molar-refractivity contribution in [2.24, 2.45) is 7.05 Å². The summed E-state index contributed by atoms with van der Waals surface area (Å²) in [6.07, 6.45) is 0. The maximum Gasteiger partial charge on any atom is 0.154 e. The molecule has 0 aliphatic heterocycles. The van der Waals surface area contributed by atoms with Crippen LogP contribution in [0.3, 0.4) is 0 Å². The molecule has 0 atom stereocenters. The largest absolute Gasteiger partial charge is 0.326 e. The number of nitrogens with zero attached hydrogens (tertiary/aromatic N) is 5. The van der Waals surface area contributed by atoms with Crippen LogP contribution in [0.2, 0.25) is 0 Å². The van der Waals surface area contributed by atoms with E-state index in [-0.39, 0.29) is 0 Å². The van der Waals surface area contributed by atoms with Crippen LogP contribution in [0.25, 0.3) is 21.7 Å². The van der Waals surface area contributed by atoms with Crippen molar-refractivity contribution < 1.29 is 0 Å². The summed E-state index contributed by atoms with van der Waals surface area (Å²) in [6.45, 7) is 1.91. The number of aryl methyl sites for hydroxylation is 2. The number of aromatic nitrogens is 4. The molecule has 18 heavy (non-hydrogen) atoms. The summed E-state index contributed by atoms with van der Waals surface area (Å²) < 4.78 is 5.90. The predicted molar refractivity (Wildman–Crippen MR) is 69.1 cm³/mol. The number of benzene rings is 1. The highest BCUT2D eigenvalue weighted by Crippen LogP contribution is 2.28. The standard InChI is InChI=1S/C12H9N5S/c1-7-11(18-16-15-7)12-14-10-8(6-13)4-3-5-9(10)17(12)2/h3-5H,1-2H3. The second-order valence-corrected chi connectivity index (χ2v) is 4.72. The minimum atomic E-state index is 0.587. The van der Waals surface area contributed by atoms with Crippen LogP contribution in [0.5, 0.6) is 0 Å². The summed E-state index contributed by atoms with van der Waals surface area (Å²) in [4.78, 5) is 5.50. The van der Waals surface area contributed by atoms with E-state index in [1.165, 1.54) is 11.5 Å². The third-order valence-corrected chi connectivity index (χ3v) is 3.71. The first-order chi connectivity index (χ1) is 8.72. The Morgan fingerprint density at radius 3 is 2.89 bits per heavy atom. The molecule has 88 valence electrons. The highest BCUT2D eigenvalue weighted by atomic mass is 32.1. The fraction of sp³-hybridized carbons (Fsp3) is 0.167. The molecule has 0 unspecified atom stereocenters. The molecule has 2 heterocycles. The molecule has 6 heteroatoms. The molecule has 5 nitrogen and oxygen atoms in total. The summed E-state index contributed by atoms with van der Waals surface area (Å²) in [5.74, 6) is 0.806. The monoisotopic (exact) mass is 255 g/mol. The van der Waals surface area contributed by atoms with Crippen molar-refractivity contribution >= 4 is 22.6 Å². The number of hydrogen-bond acceptors (Lipinski definition) is 5. The SMILES string of the molecule is Cc1nnsc1-c1nc2c(C#N)cccc2n1C. The molecule has 0 fully saturated rings. The van der Waals surface area contributed by atoms with Crippen LogP contribution in [0.1, 0.15) is 11.3 Å². The summed E-state index contributed by atoms with van der Waals surface area (Å²) in [6, 6.07) is 7.76. The molecule has 2 aromatic heterocycles. The van der Waals surface area contributed by atoms with Gasteiger partial charge in [-0.1, -0.05) is 10.6 Å². The Morgan fingerprint density at radius 2 is 2.22 bits per heavy atom. The molecule has 0 saturated heterocycles. The average Bonchev–Trinajstić information content (AvgIpc) is 2.93. The summed E-state index contributed by atoms with van der Waals surface area (Å²) >= 11 is 1.32. The van der Waals surface area contributed by atoms with E-state index in [0.717, 1.165) is 27.4 Å². The normalized spacial score (nSPS) is 10.7. The number of fused-ring (bicyclic) bond motifs is 1. The van der Waals surface area contributed by atoms with E-state index in [1.54, 1.807) is 6.07 Å². The van der Waals surface area contributed by atoms with Crippen LogP contribution in [-0.4, -0.2) is 19.1 Å². The third-order valence-electron chi connectivity index (χ3n) is 2.89. The molecular formula is C12H9N5S. The fourth-order valence-corrected chi connectivity index (χ4v) is 2.63. The molecule has 0 radical (unpaired) electrons. The van der Waals surface area contributed by atoms with Gasteiger partial charge < -0.3 is 4.57 Å². The molecule has 0 bridgehead atoms. The van der Waals surface area contributed by atoms with Crippen molar-refractivity contribution in [2.45, 2.75) is 6.92 Å². The lowest BCUT2D eigenvalue weighted by Gasteiger charge is -1.99. The van der Waals surface area contributed by atoms with Gasteiger partial charge in [-0.15, -0.1) is 5.10 Å². The zero-order valence-corrected chi connectivity index (χ0v) is 10.7. The van der Waals surface area contributed by atoms with Gasteiger partial charge in [0.15, 0.2) is 5.82 Å². The predicted octanol–water partition coefficient (Wildman–Crippen LogP) is 2.27. The molecule has 0 aliphatic carbocycles. The lowest BCUT2D eigenvalue weighted by molar-refractivity contribution is 0.958. The van der Waals surface area contributed by atoms with E-state index in [1.807, 2.05) is 30.7 Å². The van der Waals surface area contributed by atoms with Crippen LogP contribution >= 0.6 is 11.5 Å². The van der Waals surface area contributed by atoms with Gasteiger partial charge in [0, 0.05) is 7.05 Å². The third kappa shape index (κ3) is 1.41. The topological polar surface area (TPSA) is 67.4 Å².